The Morgan fingerprint density at radius 2 is 1.52 bits per heavy atom. The number of hydrogen-bond donors (Lipinski definition) is 2. The Hall–Kier alpha value is -2.71. The molecule has 1 aliphatic rings. The molecule has 0 radical (unpaired) electrons. The van der Waals surface area contributed by atoms with Crippen LogP contribution in [0.25, 0.3) is 0 Å². The summed E-state index contributed by atoms with van der Waals surface area (Å²) < 4.78 is 26.8. The van der Waals surface area contributed by atoms with Crippen LogP contribution < -0.4 is 10.5 Å². The van der Waals surface area contributed by atoms with Crippen molar-refractivity contribution >= 4 is 27.5 Å². The first kappa shape index (κ1) is 19.1. The van der Waals surface area contributed by atoms with Crippen LogP contribution in [0.5, 0.6) is 0 Å². The second-order valence-corrected chi connectivity index (χ2v) is 8.29. The molecular weight excluding hydrogens is 366 g/mol. The SMILES string of the molecule is Nc1ccc(CCNS(=O)(=O)CCCN2C(=O)c3ccccc3C2=O)cc1. The van der Waals surface area contributed by atoms with Crippen LogP contribution in [0.4, 0.5) is 5.69 Å². The van der Waals surface area contributed by atoms with Gasteiger partial charge in [0.15, 0.2) is 0 Å². The number of amides is 2. The zero-order valence-electron chi connectivity index (χ0n) is 14.7. The number of benzene rings is 2. The molecule has 7 nitrogen and oxygen atoms in total. The topological polar surface area (TPSA) is 110 Å². The summed E-state index contributed by atoms with van der Waals surface area (Å²) in [7, 11) is -3.48. The highest BCUT2D eigenvalue weighted by molar-refractivity contribution is 7.89. The van der Waals surface area contributed by atoms with Crippen LogP contribution in [0.1, 0.15) is 32.7 Å². The molecule has 0 unspecified atom stereocenters. The standard InChI is InChI=1S/C19H21N3O4S/c20-15-8-6-14(7-9-15)10-11-21-27(25,26)13-3-12-22-18(23)16-4-1-2-5-17(16)19(22)24/h1-2,4-9,21H,3,10-13,20H2. The fourth-order valence-corrected chi connectivity index (χ4v) is 4.03. The van der Waals surface area contributed by atoms with Gasteiger partial charge in [-0.05, 0) is 42.7 Å². The molecular formula is C19H21N3O4S. The quantitative estimate of drug-likeness (QED) is 0.526. The second-order valence-electron chi connectivity index (χ2n) is 6.37. The Bertz CT molecular complexity index is 920. The lowest BCUT2D eigenvalue weighted by molar-refractivity contribution is 0.0654. The molecule has 0 saturated carbocycles. The maximum Gasteiger partial charge on any atom is 0.261 e. The minimum atomic E-state index is -3.48. The number of fused-ring (bicyclic) bond motifs is 1. The number of sulfonamides is 1. The zero-order valence-corrected chi connectivity index (χ0v) is 15.5. The van der Waals surface area contributed by atoms with E-state index in [0.29, 0.717) is 23.2 Å². The van der Waals surface area contributed by atoms with Crippen molar-refractivity contribution in [1.29, 1.82) is 0 Å². The molecule has 0 saturated heterocycles. The highest BCUT2D eigenvalue weighted by Crippen LogP contribution is 2.22. The minimum Gasteiger partial charge on any atom is -0.399 e. The lowest BCUT2D eigenvalue weighted by Gasteiger charge is -2.14. The smallest absolute Gasteiger partial charge is 0.261 e. The highest BCUT2D eigenvalue weighted by atomic mass is 32.2. The molecule has 2 aromatic carbocycles. The van der Waals surface area contributed by atoms with Crippen molar-refractivity contribution in [3.63, 3.8) is 0 Å². The van der Waals surface area contributed by atoms with E-state index < -0.39 is 10.0 Å². The van der Waals surface area contributed by atoms with E-state index in [1.807, 2.05) is 12.1 Å². The molecule has 0 aromatic heterocycles. The maximum atomic E-state index is 12.2. The van der Waals surface area contributed by atoms with Crippen LogP contribution in [0.3, 0.4) is 0 Å². The first-order valence-corrected chi connectivity index (χ1v) is 10.3. The van der Waals surface area contributed by atoms with Crippen molar-refractivity contribution in [3.8, 4) is 0 Å². The summed E-state index contributed by atoms with van der Waals surface area (Å²) in [6.07, 6.45) is 0.737. The summed E-state index contributed by atoms with van der Waals surface area (Å²) in [5, 5.41) is 0. The van der Waals surface area contributed by atoms with Gasteiger partial charge in [0.25, 0.3) is 11.8 Å². The van der Waals surface area contributed by atoms with Gasteiger partial charge in [0.05, 0.1) is 16.9 Å². The number of carbonyl (C=O) groups is 2. The molecule has 2 aromatic rings. The van der Waals surface area contributed by atoms with E-state index in [0.717, 1.165) is 10.5 Å². The number of nitrogens with two attached hydrogens (primary N) is 1. The van der Waals surface area contributed by atoms with Crippen molar-refractivity contribution < 1.29 is 18.0 Å². The summed E-state index contributed by atoms with van der Waals surface area (Å²) in [5.41, 5.74) is 7.99. The highest BCUT2D eigenvalue weighted by Gasteiger charge is 2.34. The van der Waals surface area contributed by atoms with E-state index in [1.165, 1.54) is 0 Å². The van der Waals surface area contributed by atoms with Crippen molar-refractivity contribution in [2.45, 2.75) is 12.8 Å². The first-order valence-electron chi connectivity index (χ1n) is 8.64. The van der Waals surface area contributed by atoms with Gasteiger partial charge in [-0.3, -0.25) is 14.5 Å². The fraction of sp³-hybridized carbons (Fsp3) is 0.263. The van der Waals surface area contributed by atoms with E-state index in [4.69, 9.17) is 5.73 Å². The molecule has 1 aliphatic heterocycles. The summed E-state index contributed by atoms with van der Waals surface area (Å²) in [6.45, 7) is 0.352. The van der Waals surface area contributed by atoms with Gasteiger partial charge >= 0.3 is 0 Å². The van der Waals surface area contributed by atoms with Crippen molar-refractivity contribution in [2.75, 3.05) is 24.6 Å². The van der Waals surface area contributed by atoms with Gasteiger partial charge in [-0.1, -0.05) is 24.3 Å². The van der Waals surface area contributed by atoms with E-state index >= 15 is 0 Å². The second kappa shape index (κ2) is 7.89. The number of anilines is 1. The molecule has 8 heteroatoms. The van der Waals surface area contributed by atoms with Crippen molar-refractivity contribution in [1.82, 2.24) is 9.62 Å². The molecule has 3 rings (SSSR count). The Morgan fingerprint density at radius 1 is 0.926 bits per heavy atom. The van der Waals surface area contributed by atoms with E-state index in [2.05, 4.69) is 4.72 Å². The number of hydrogen-bond acceptors (Lipinski definition) is 5. The Balaban J connectivity index is 1.46. The minimum absolute atomic E-state index is 0.0746. The van der Waals surface area contributed by atoms with Crippen molar-refractivity contribution in [3.05, 3.63) is 65.2 Å². The number of nitrogens with zero attached hydrogens (tertiary/aromatic N) is 1. The number of nitrogens with one attached hydrogen (secondary N) is 1. The van der Waals surface area contributed by atoms with Crippen LogP contribution in [0.15, 0.2) is 48.5 Å². The molecule has 0 fully saturated rings. The van der Waals surface area contributed by atoms with Gasteiger partial charge in [-0.15, -0.1) is 0 Å². The molecule has 0 bridgehead atoms. The summed E-state index contributed by atoms with van der Waals surface area (Å²) in [5.74, 6) is -0.893. The third-order valence-electron chi connectivity index (χ3n) is 4.39. The molecule has 27 heavy (non-hydrogen) atoms. The number of imide groups is 1. The lowest BCUT2D eigenvalue weighted by atomic mass is 10.1. The number of rotatable bonds is 8. The molecule has 3 N–H and O–H groups in total. The van der Waals surface area contributed by atoms with Crippen LogP contribution >= 0.6 is 0 Å². The maximum absolute atomic E-state index is 12.2. The Morgan fingerprint density at radius 3 is 2.11 bits per heavy atom. The monoisotopic (exact) mass is 387 g/mol. The average molecular weight is 387 g/mol. The van der Waals surface area contributed by atoms with Gasteiger partial charge in [0.2, 0.25) is 10.0 Å². The van der Waals surface area contributed by atoms with E-state index in [9.17, 15) is 18.0 Å². The number of nitrogen functional groups attached to an aromatic ring is 1. The van der Waals surface area contributed by atoms with Crippen LogP contribution in [0, 0.1) is 0 Å². The molecule has 0 aliphatic carbocycles. The Labute approximate surface area is 158 Å². The predicted octanol–water partition coefficient (Wildman–Crippen LogP) is 1.42. The summed E-state index contributed by atoms with van der Waals surface area (Å²) in [4.78, 5) is 25.6. The average Bonchev–Trinajstić information content (AvgIpc) is 2.88. The van der Waals surface area contributed by atoms with Gasteiger partial charge in [0, 0.05) is 18.8 Å². The van der Waals surface area contributed by atoms with E-state index in [1.54, 1.807) is 36.4 Å². The molecule has 142 valence electrons. The predicted molar refractivity (Wildman–Crippen MR) is 103 cm³/mol. The van der Waals surface area contributed by atoms with Crippen LogP contribution in [-0.2, 0) is 16.4 Å². The van der Waals surface area contributed by atoms with Gasteiger partial charge < -0.3 is 5.73 Å². The number of carbonyl (C=O) groups excluding carboxylic acids is 2. The molecule has 0 spiro atoms. The summed E-state index contributed by atoms with van der Waals surface area (Å²) >= 11 is 0. The molecule has 0 atom stereocenters. The zero-order chi connectivity index (χ0) is 19.4. The van der Waals surface area contributed by atoms with Crippen LogP contribution in [-0.4, -0.2) is 44.0 Å². The van der Waals surface area contributed by atoms with Crippen LogP contribution in [0.2, 0.25) is 0 Å². The van der Waals surface area contributed by atoms with Crippen molar-refractivity contribution in [2.24, 2.45) is 0 Å². The summed E-state index contributed by atoms with van der Waals surface area (Å²) in [6, 6.07) is 13.8. The molecule has 1 heterocycles. The van der Waals surface area contributed by atoms with Gasteiger partial charge in [-0.25, -0.2) is 13.1 Å². The largest absolute Gasteiger partial charge is 0.399 e. The van der Waals surface area contributed by atoms with Gasteiger partial charge in [0.1, 0.15) is 0 Å². The Kier molecular flexibility index (Phi) is 5.57. The lowest BCUT2D eigenvalue weighted by Crippen LogP contribution is -2.34. The van der Waals surface area contributed by atoms with E-state index in [-0.39, 0.29) is 37.1 Å². The molecule has 2 amide bonds. The normalized spacial score (nSPS) is 13.9. The van der Waals surface area contributed by atoms with Gasteiger partial charge in [-0.2, -0.15) is 0 Å². The third-order valence-corrected chi connectivity index (χ3v) is 5.86. The first-order chi connectivity index (χ1) is 12.9. The fourth-order valence-electron chi connectivity index (χ4n) is 2.96. The third kappa shape index (κ3) is 4.53.